The maximum atomic E-state index is 5.84. The van der Waals surface area contributed by atoms with Crippen molar-refractivity contribution in [1.82, 2.24) is 0 Å². The first-order valence-corrected chi connectivity index (χ1v) is 7.87. The Morgan fingerprint density at radius 2 is 1.95 bits per heavy atom. The first-order valence-electron chi connectivity index (χ1n) is 6.18. The number of nitrogens with two attached hydrogens (primary N) is 1. The monoisotopic (exact) mass is 289 g/mol. The van der Waals surface area contributed by atoms with Crippen molar-refractivity contribution in [2.24, 2.45) is 5.73 Å². The summed E-state index contributed by atoms with van der Waals surface area (Å²) < 4.78 is 7.12. The van der Waals surface area contributed by atoms with E-state index in [1.165, 1.54) is 25.4 Å². The molecule has 2 nitrogen and oxygen atoms in total. The van der Waals surface area contributed by atoms with E-state index in [1.807, 2.05) is 0 Å². The Hall–Kier alpha value is -1.20. The molecule has 0 saturated carbocycles. The summed E-state index contributed by atoms with van der Waals surface area (Å²) in [6.07, 6.45) is 0. The Morgan fingerprint density at radius 1 is 1.05 bits per heavy atom. The fourth-order valence-corrected chi connectivity index (χ4v) is 3.85. The molecule has 98 valence electrons. The third kappa shape index (κ3) is 2.72. The largest absolute Gasteiger partial charge is 0.371 e. The second kappa shape index (κ2) is 5.84. The number of rotatable bonds is 5. The number of ether oxygens (including phenoxy) is 1. The number of hydrogen-bond acceptors (Lipinski definition) is 4. The van der Waals surface area contributed by atoms with E-state index in [9.17, 15) is 0 Å². The molecule has 0 atom stereocenters. The van der Waals surface area contributed by atoms with Crippen molar-refractivity contribution in [3.05, 3.63) is 57.1 Å². The van der Waals surface area contributed by atoms with Crippen molar-refractivity contribution >= 4 is 32.8 Å². The summed E-state index contributed by atoms with van der Waals surface area (Å²) in [7, 11) is 0. The predicted molar refractivity (Wildman–Crippen MR) is 82.5 cm³/mol. The Labute approximate surface area is 120 Å². The first-order chi connectivity index (χ1) is 9.38. The standard InChI is InChI=1S/C15H15NOS2/c16-8-15-13(10-17-9-11-4-3-7-18-11)12-5-1-2-6-14(12)19-15/h1-7H,8-10,16H2. The Morgan fingerprint density at radius 3 is 2.74 bits per heavy atom. The van der Waals surface area contributed by atoms with Crippen LogP contribution in [0.15, 0.2) is 41.8 Å². The minimum atomic E-state index is 0.580. The molecule has 0 bridgehead atoms. The Kier molecular flexibility index (Phi) is 3.94. The molecule has 0 aliphatic rings. The zero-order chi connectivity index (χ0) is 13.1. The third-order valence-electron chi connectivity index (χ3n) is 3.04. The molecule has 0 saturated heterocycles. The molecule has 2 N–H and O–H groups in total. The molecule has 0 aliphatic carbocycles. The Balaban J connectivity index is 1.79. The summed E-state index contributed by atoms with van der Waals surface area (Å²) in [4.78, 5) is 2.49. The summed E-state index contributed by atoms with van der Waals surface area (Å²) in [6, 6.07) is 12.6. The van der Waals surface area contributed by atoms with Crippen molar-refractivity contribution in [1.29, 1.82) is 0 Å². The van der Waals surface area contributed by atoms with Crippen LogP contribution in [0.25, 0.3) is 10.1 Å². The van der Waals surface area contributed by atoms with Gasteiger partial charge in [-0.15, -0.1) is 22.7 Å². The predicted octanol–water partition coefficient (Wildman–Crippen LogP) is 4.14. The second-order valence-corrected chi connectivity index (χ2v) is 6.45. The fourth-order valence-electron chi connectivity index (χ4n) is 2.12. The lowest BCUT2D eigenvalue weighted by Gasteiger charge is -2.04. The van der Waals surface area contributed by atoms with Crippen LogP contribution in [-0.2, 0) is 24.5 Å². The SMILES string of the molecule is NCc1sc2ccccc2c1COCc1cccs1. The van der Waals surface area contributed by atoms with Gasteiger partial charge in [0, 0.05) is 26.6 Å². The molecule has 19 heavy (non-hydrogen) atoms. The summed E-state index contributed by atoms with van der Waals surface area (Å²) >= 11 is 3.50. The van der Waals surface area contributed by atoms with Crippen molar-refractivity contribution in [2.75, 3.05) is 0 Å². The van der Waals surface area contributed by atoms with Gasteiger partial charge in [-0.05, 0) is 22.9 Å². The van der Waals surface area contributed by atoms with Gasteiger partial charge in [0.05, 0.1) is 13.2 Å². The van der Waals surface area contributed by atoms with Gasteiger partial charge in [-0.1, -0.05) is 24.3 Å². The summed E-state index contributed by atoms with van der Waals surface area (Å²) in [5.74, 6) is 0. The van der Waals surface area contributed by atoms with E-state index in [1.54, 1.807) is 22.7 Å². The van der Waals surface area contributed by atoms with Crippen molar-refractivity contribution in [3.63, 3.8) is 0 Å². The van der Waals surface area contributed by atoms with Gasteiger partial charge in [0.2, 0.25) is 0 Å². The zero-order valence-corrected chi connectivity index (χ0v) is 12.1. The topological polar surface area (TPSA) is 35.2 Å². The minimum Gasteiger partial charge on any atom is -0.371 e. The molecular formula is C15H15NOS2. The summed E-state index contributed by atoms with van der Waals surface area (Å²) in [6.45, 7) is 1.89. The molecule has 4 heteroatoms. The number of benzene rings is 1. The number of thiophene rings is 2. The van der Waals surface area contributed by atoms with E-state index < -0.39 is 0 Å². The lowest BCUT2D eigenvalue weighted by molar-refractivity contribution is 0.110. The van der Waals surface area contributed by atoms with Crippen LogP contribution in [0.3, 0.4) is 0 Å². The van der Waals surface area contributed by atoms with Crippen LogP contribution in [0.2, 0.25) is 0 Å². The highest BCUT2D eigenvalue weighted by atomic mass is 32.1. The molecule has 0 fully saturated rings. The fraction of sp³-hybridized carbons (Fsp3) is 0.200. The lowest BCUT2D eigenvalue weighted by atomic mass is 10.1. The van der Waals surface area contributed by atoms with Gasteiger partial charge < -0.3 is 10.5 Å². The summed E-state index contributed by atoms with van der Waals surface area (Å²) in [5, 5.41) is 3.35. The van der Waals surface area contributed by atoms with Gasteiger partial charge in [-0.25, -0.2) is 0 Å². The molecule has 0 unspecified atom stereocenters. The quantitative estimate of drug-likeness (QED) is 0.766. The van der Waals surface area contributed by atoms with E-state index >= 15 is 0 Å². The molecule has 0 radical (unpaired) electrons. The highest BCUT2D eigenvalue weighted by Crippen LogP contribution is 2.31. The van der Waals surface area contributed by atoms with Crippen LogP contribution in [0.1, 0.15) is 15.3 Å². The van der Waals surface area contributed by atoms with Crippen LogP contribution in [-0.4, -0.2) is 0 Å². The molecule has 1 aromatic carbocycles. The zero-order valence-electron chi connectivity index (χ0n) is 10.5. The molecule has 3 rings (SSSR count). The van der Waals surface area contributed by atoms with Gasteiger partial charge in [0.15, 0.2) is 0 Å². The van der Waals surface area contributed by atoms with Crippen molar-refractivity contribution < 1.29 is 4.74 Å². The highest BCUT2D eigenvalue weighted by molar-refractivity contribution is 7.19. The first kappa shape index (κ1) is 12.8. The van der Waals surface area contributed by atoms with Crippen LogP contribution >= 0.6 is 22.7 Å². The van der Waals surface area contributed by atoms with E-state index in [0.29, 0.717) is 19.8 Å². The third-order valence-corrected chi connectivity index (χ3v) is 5.12. The van der Waals surface area contributed by atoms with Crippen molar-refractivity contribution in [3.8, 4) is 0 Å². The molecule has 0 spiro atoms. The molecule has 3 aromatic rings. The van der Waals surface area contributed by atoms with Gasteiger partial charge >= 0.3 is 0 Å². The van der Waals surface area contributed by atoms with Crippen LogP contribution in [0.4, 0.5) is 0 Å². The van der Waals surface area contributed by atoms with E-state index in [-0.39, 0.29) is 0 Å². The molecule has 0 aliphatic heterocycles. The minimum absolute atomic E-state index is 0.580. The molecule has 0 amide bonds. The van der Waals surface area contributed by atoms with Crippen LogP contribution < -0.4 is 5.73 Å². The Bertz CT molecular complexity index is 658. The van der Waals surface area contributed by atoms with Gasteiger partial charge in [-0.2, -0.15) is 0 Å². The number of fused-ring (bicyclic) bond motifs is 1. The lowest BCUT2D eigenvalue weighted by Crippen LogP contribution is -1.99. The van der Waals surface area contributed by atoms with Crippen LogP contribution in [0, 0.1) is 0 Å². The van der Waals surface area contributed by atoms with Gasteiger partial charge in [0.25, 0.3) is 0 Å². The van der Waals surface area contributed by atoms with Crippen molar-refractivity contribution in [2.45, 2.75) is 19.8 Å². The average Bonchev–Trinajstić information content (AvgIpc) is 3.06. The van der Waals surface area contributed by atoms with E-state index in [4.69, 9.17) is 10.5 Å². The van der Waals surface area contributed by atoms with E-state index in [2.05, 4.69) is 41.8 Å². The molecular weight excluding hydrogens is 274 g/mol. The second-order valence-electron chi connectivity index (χ2n) is 4.28. The highest BCUT2D eigenvalue weighted by Gasteiger charge is 2.10. The average molecular weight is 289 g/mol. The molecule has 2 heterocycles. The van der Waals surface area contributed by atoms with Gasteiger partial charge in [0.1, 0.15) is 0 Å². The van der Waals surface area contributed by atoms with Crippen LogP contribution in [0.5, 0.6) is 0 Å². The van der Waals surface area contributed by atoms with E-state index in [0.717, 1.165) is 0 Å². The maximum Gasteiger partial charge on any atom is 0.0813 e. The summed E-state index contributed by atoms with van der Waals surface area (Å²) in [5.41, 5.74) is 7.09. The smallest absolute Gasteiger partial charge is 0.0813 e. The number of hydrogen-bond donors (Lipinski definition) is 1. The van der Waals surface area contributed by atoms with Gasteiger partial charge in [-0.3, -0.25) is 0 Å². The molecule has 2 aromatic heterocycles. The maximum absolute atomic E-state index is 5.84. The normalized spacial score (nSPS) is 11.2.